The van der Waals surface area contributed by atoms with Crippen LogP contribution in [0.4, 0.5) is 22.7 Å². The first-order chi connectivity index (χ1) is 14.3. The number of benzene rings is 2. The van der Waals surface area contributed by atoms with Crippen LogP contribution in [-0.4, -0.2) is 34.0 Å². The van der Waals surface area contributed by atoms with E-state index in [1.807, 2.05) is 0 Å². The number of rotatable bonds is 10. The zero-order valence-electron chi connectivity index (χ0n) is 15.9. The maximum absolute atomic E-state index is 11.6. The van der Waals surface area contributed by atoms with E-state index in [2.05, 4.69) is 20.9 Å². The summed E-state index contributed by atoms with van der Waals surface area (Å²) in [7, 11) is 0. The molecular formula is C20H20N4O6. The Bertz CT molecular complexity index is 861. The zero-order valence-corrected chi connectivity index (χ0v) is 15.9. The number of azo groups is 1. The van der Waals surface area contributed by atoms with Crippen LogP contribution < -0.4 is 10.6 Å². The quantitative estimate of drug-likeness (QED) is 0.436. The normalized spacial score (nSPS) is 10.5. The molecule has 0 aliphatic heterocycles. The SMILES string of the molecule is O=C(O)CCC(=O)Nc1ccc(N=Nc2ccc(NC(=O)CCC(=O)O)cc2)cc1. The van der Waals surface area contributed by atoms with Crippen LogP contribution in [0, 0.1) is 0 Å². The highest BCUT2D eigenvalue weighted by Gasteiger charge is 2.06. The summed E-state index contributed by atoms with van der Waals surface area (Å²) < 4.78 is 0. The number of carboxylic acids is 2. The standard InChI is InChI=1S/C20H20N4O6/c25-17(9-11-19(27)28)21-13-1-5-15(6-2-13)23-24-16-7-3-14(4-8-16)22-18(26)10-12-20(29)30/h1-8H,9-12H2,(H,21,25)(H,22,26)(H,27,28)(H,29,30). The average Bonchev–Trinajstić information content (AvgIpc) is 2.71. The van der Waals surface area contributed by atoms with Crippen molar-refractivity contribution in [2.24, 2.45) is 10.2 Å². The Hall–Kier alpha value is -4.08. The fraction of sp³-hybridized carbons (Fsp3) is 0.200. The molecule has 2 rings (SSSR count). The second kappa shape index (κ2) is 11.1. The van der Waals surface area contributed by atoms with Crippen molar-refractivity contribution in [3.8, 4) is 0 Å². The second-order valence-electron chi connectivity index (χ2n) is 6.18. The molecule has 0 radical (unpaired) electrons. The van der Waals surface area contributed by atoms with Crippen molar-refractivity contribution in [2.75, 3.05) is 10.6 Å². The summed E-state index contributed by atoms with van der Waals surface area (Å²) >= 11 is 0. The van der Waals surface area contributed by atoms with E-state index in [0.29, 0.717) is 22.7 Å². The molecule has 0 atom stereocenters. The molecule has 10 heteroatoms. The van der Waals surface area contributed by atoms with Crippen molar-refractivity contribution in [1.29, 1.82) is 0 Å². The van der Waals surface area contributed by atoms with Crippen molar-refractivity contribution in [1.82, 2.24) is 0 Å². The van der Waals surface area contributed by atoms with Crippen LogP contribution in [0.1, 0.15) is 25.7 Å². The summed E-state index contributed by atoms with van der Waals surface area (Å²) in [4.78, 5) is 44.1. The molecule has 0 unspecified atom stereocenters. The van der Waals surface area contributed by atoms with Gasteiger partial charge in [0.25, 0.3) is 0 Å². The number of carbonyl (C=O) groups excluding carboxylic acids is 2. The van der Waals surface area contributed by atoms with E-state index >= 15 is 0 Å². The van der Waals surface area contributed by atoms with Gasteiger partial charge in [0.15, 0.2) is 0 Å². The Labute approximate surface area is 171 Å². The van der Waals surface area contributed by atoms with E-state index in [0.717, 1.165) is 0 Å². The van der Waals surface area contributed by atoms with Gasteiger partial charge in [-0.2, -0.15) is 10.2 Å². The van der Waals surface area contributed by atoms with E-state index in [-0.39, 0.29) is 37.5 Å². The lowest BCUT2D eigenvalue weighted by Gasteiger charge is -2.04. The number of anilines is 2. The van der Waals surface area contributed by atoms with E-state index in [1.54, 1.807) is 48.5 Å². The van der Waals surface area contributed by atoms with Crippen LogP contribution in [0.15, 0.2) is 58.8 Å². The molecule has 4 N–H and O–H groups in total. The van der Waals surface area contributed by atoms with Crippen LogP contribution in [0.25, 0.3) is 0 Å². The maximum atomic E-state index is 11.6. The number of aliphatic carboxylic acids is 2. The summed E-state index contributed by atoms with van der Waals surface area (Å²) in [6.07, 6.45) is -0.675. The topological polar surface area (TPSA) is 158 Å². The highest BCUT2D eigenvalue weighted by Crippen LogP contribution is 2.22. The van der Waals surface area contributed by atoms with Crippen molar-refractivity contribution in [2.45, 2.75) is 25.7 Å². The maximum Gasteiger partial charge on any atom is 0.303 e. The monoisotopic (exact) mass is 412 g/mol. The van der Waals surface area contributed by atoms with Crippen molar-refractivity contribution in [3.63, 3.8) is 0 Å². The Kier molecular flexibility index (Phi) is 8.18. The Morgan fingerprint density at radius 3 is 1.23 bits per heavy atom. The van der Waals surface area contributed by atoms with E-state index in [4.69, 9.17) is 10.2 Å². The first kappa shape index (κ1) is 22.2. The highest BCUT2D eigenvalue weighted by atomic mass is 16.4. The average molecular weight is 412 g/mol. The fourth-order valence-electron chi connectivity index (χ4n) is 2.23. The highest BCUT2D eigenvalue weighted by molar-refractivity contribution is 5.93. The molecule has 0 spiro atoms. The van der Waals surface area contributed by atoms with Gasteiger partial charge in [0.1, 0.15) is 0 Å². The van der Waals surface area contributed by atoms with Gasteiger partial charge in [0.05, 0.1) is 24.2 Å². The molecule has 0 bridgehead atoms. The third kappa shape index (κ3) is 8.30. The molecule has 10 nitrogen and oxygen atoms in total. The minimum absolute atomic E-state index is 0.104. The van der Waals surface area contributed by atoms with E-state index in [9.17, 15) is 19.2 Å². The minimum atomic E-state index is -1.03. The van der Waals surface area contributed by atoms with E-state index in [1.165, 1.54) is 0 Å². The molecule has 2 aromatic carbocycles. The molecule has 0 saturated heterocycles. The first-order valence-corrected chi connectivity index (χ1v) is 8.97. The van der Waals surface area contributed by atoms with Crippen LogP contribution >= 0.6 is 0 Å². The molecule has 156 valence electrons. The van der Waals surface area contributed by atoms with Gasteiger partial charge in [-0.25, -0.2) is 0 Å². The minimum Gasteiger partial charge on any atom is -0.481 e. The first-order valence-electron chi connectivity index (χ1n) is 8.97. The lowest BCUT2D eigenvalue weighted by molar-refractivity contribution is -0.138. The lowest BCUT2D eigenvalue weighted by Crippen LogP contribution is -2.12. The number of carbonyl (C=O) groups is 4. The Morgan fingerprint density at radius 1 is 0.600 bits per heavy atom. The number of carboxylic acid groups (broad SMARTS) is 2. The van der Waals surface area contributed by atoms with Gasteiger partial charge >= 0.3 is 11.9 Å². The van der Waals surface area contributed by atoms with Crippen LogP contribution in [0.5, 0.6) is 0 Å². The Balaban J connectivity index is 1.86. The molecule has 0 aliphatic rings. The van der Waals surface area contributed by atoms with Gasteiger partial charge in [-0.3, -0.25) is 19.2 Å². The fourth-order valence-corrected chi connectivity index (χ4v) is 2.23. The van der Waals surface area contributed by atoms with Crippen molar-refractivity contribution in [3.05, 3.63) is 48.5 Å². The van der Waals surface area contributed by atoms with Gasteiger partial charge in [-0.1, -0.05) is 0 Å². The molecule has 30 heavy (non-hydrogen) atoms. The second-order valence-corrected chi connectivity index (χ2v) is 6.18. The summed E-state index contributed by atoms with van der Waals surface area (Å²) in [6, 6.07) is 13.1. The number of hydrogen-bond donors (Lipinski definition) is 4. The van der Waals surface area contributed by atoms with Crippen LogP contribution in [-0.2, 0) is 19.2 Å². The largest absolute Gasteiger partial charge is 0.481 e. The molecular weight excluding hydrogens is 392 g/mol. The summed E-state index contributed by atoms with van der Waals surface area (Å²) in [5.74, 6) is -2.84. The molecule has 0 saturated carbocycles. The molecule has 2 amide bonds. The third-order valence-corrected chi connectivity index (χ3v) is 3.71. The number of nitrogens with zero attached hydrogens (tertiary/aromatic N) is 2. The predicted molar refractivity (Wildman–Crippen MR) is 108 cm³/mol. The number of hydrogen-bond acceptors (Lipinski definition) is 6. The van der Waals surface area contributed by atoms with Gasteiger partial charge in [-0.15, -0.1) is 0 Å². The van der Waals surface area contributed by atoms with Crippen LogP contribution in [0.3, 0.4) is 0 Å². The van der Waals surface area contributed by atoms with Crippen LogP contribution in [0.2, 0.25) is 0 Å². The van der Waals surface area contributed by atoms with Gasteiger partial charge < -0.3 is 20.8 Å². The van der Waals surface area contributed by atoms with Crippen molar-refractivity contribution >= 4 is 46.5 Å². The number of amides is 2. The molecule has 0 heterocycles. The predicted octanol–water partition coefficient (Wildman–Crippen LogP) is 3.71. The van der Waals surface area contributed by atoms with Gasteiger partial charge in [0.2, 0.25) is 11.8 Å². The van der Waals surface area contributed by atoms with Crippen molar-refractivity contribution < 1.29 is 29.4 Å². The summed E-state index contributed by atoms with van der Waals surface area (Å²) in [6.45, 7) is 0. The van der Waals surface area contributed by atoms with E-state index < -0.39 is 11.9 Å². The molecule has 2 aromatic rings. The molecule has 0 fully saturated rings. The van der Waals surface area contributed by atoms with Gasteiger partial charge in [-0.05, 0) is 48.5 Å². The lowest BCUT2D eigenvalue weighted by atomic mass is 10.2. The summed E-state index contributed by atoms with van der Waals surface area (Å²) in [5.41, 5.74) is 2.13. The molecule has 0 aromatic heterocycles. The van der Waals surface area contributed by atoms with Gasteiger partial charge in [0, 0.05) is 24.2 Å². The zero-order chi connectivity index (χ0) is 21.9. The molecule has 0 aliphatic carbocycles. The summed E-state index contributed by atoms with van der Waals surface area (Å²) in [5, 5.41) is 30.5. The third-order valence-electron chi connectivity index (χ3n) is 3.71. The number of nitrogens with one attached hydrogen (secondary N) is 2. The Morgan fingerprint density at radius 2 is 0.933 bits per heavy atom. The smallest absolute Gasteiger partial charge is 0.303 e.